The summed E-state index contributed by atoms with van der Waals surface area (Å²) in [4.78, 5) is 11.0. The molecule has 1 rings (SSSR count). The Morgan fingerprint density at radius 1 is 1.50 bits per heavy atom. The van der Waals surface area contributed by atoms with Crippen molar-refractivity contribution >= 4 is 17.7 Å². The van der Waals surface area contributed by atoms with Crippen LogP contribution in [0.1, 0.15) is 12.8 Å². The molecule has 3 nitrogen and oxygen atoms in total. The first-order chi connectivity index (χ1) is 7.47. The number of amides is 1. The van der Waals surface area contributed by atoms with Crippen LogP contribution in [0.5, 0.6) is 0 Å². The van der Waals surface area contributed by atoms with E-state index in [0.29, 0.717) is 12.5 Å². The smallest absolute Gasteiger partial charge is 0.355 e. The molecule has 2 N–H and O–H groups in total. The Balaban J connectivity index is 2.01. The zero-order valence-corrected chi connectivity index (χ0v) is 9.59. The number of rotatable bonds is 5. The lowest BCUT2D eigenvalue weighted by molar-refractivity contribution is -0.118. The van der Waals surface area contributed by atoms with E-state index < -0.39 is 17.2 Å². The molecule has 1 fully saturated rings. The molecular weight excluding hydrogens is 241 g/mol. The van der Waals surface area contributed by atoms with Gasteiger partial charge in [-0.1, -0.05) is 0 Å². The van der Waals surface area contributed by atoms with Gasteiger partial charge in [-0.3, -0.25) is 4.79 Å². The quantitative estimate of drug-likeness (QED) is 0.780. The lowest BCUT2D eigenvalue weighted by atomic mass is 10.1. The van der Waals surface area contributed by atoms with E-state index in [1.807, 2.05) is 0 Å². The van der Waals surface area contributed by atoms with Crippen molar-refractivity contribution in [2.45, 2.75) is 18.3 Å². The molecule has 94 valence electrons. The van der Waals surface area contributed by atoms with E-state index in [1.54, 1.807) is 0 Å². The molecule has 1 atom stereocenters. The van der Waals surface area contributed by atoms with Crippen LogP contribution in [0.25, 0.3) is 0 Å². The highest BCUT2D eigenvalue weighted by atomic mass is 32.2. The SMILES string of the molecule is O=C(CSC(F)(F)F)NCCC1CCNC1. The fourth-order valence-electron chi connectivity index (χ4n) is 1.57. The molecule has 0 aliphatic carbocycles. The fourth-order valence-corrected chi connectivity index (χ4v) is 1.97. The number of carbonyl (C=O) groups excluding carboxylic acids is 1. The van der Waals surface area contributed by atoms with Gasteiger partial charge in [-0.2, -0.15) is 13.2 Å². The lowest BCUT2D eigenvalue weighted by Crippen LogP contribution is -2.28. The maximum atomic E-state index is 11.8. The third-order valence-electron chi connectivity index (χ3n) is 2.40. The molecule has 0 aromatic carbocycles. The molecule has 1 aliphatic heterocycles. The zero-order chi connectivity index (χ0) is 12.0. The minimum atomic E-state index is -4.33. The van der Waals surface area contributed by atoms with Crippen molar-refractivity contribution in [3.05, 3.63) is 0 Å². The molecule has 0 bridgehead atoms. The molecule has 0 aromatic rings. The van der Waals surface area contributed by atoms with Crippen LogP contribution >= 0.6 is 11.8 Å². The van der Waals surface area contributed by atoms with Gasteiger partial charge >= 0.3 is 5.51 Å². The van der Waals surface area contributed by atoms with E-state index >= 15 is 0 Å². The van der Waals surface area contributed by atoms with Crippen LogP contribution in [-0.4, -0.2) is 36.8 Å². The van der Waals surface area contributed by atoms with Crippen molar-refractivity contribution in [1.29, 1.82) is 0 Å². The summed E-state index contributed by atoms with van der Waals surface area (Å²) in [5.74, 6) is -0.560. The van der Waals surface area contributed by atoms with Gasteiger partial charge in [0.15, 0.2) is 0 Å². The molecule has 0 spiro atoms. The van der Waals surface area contributed by atoms with Gasteiger partial charge in [0.1, 0.15) is 0 Å². The molecule has 0 aromatic heterocycles. The first-order valence-corrected chi connectivity index (χ1v) is 6.14. The zero-order valence-electron chi connectivity index (χ0n) is 8.77. The molecule has 16 heavy (non-hydrogen) atoms. The summed E-state index contributed by atoms with van der Waals surface area (Å²) < 4.78 is 35.3. The molecular formula is C9H15F3N2OS. The number of alkyl halides is 3. The molecule has 1 heterocycles. The molecule has 0 saturated carbocycles. The largest absolute Gasteiger partial charge is 0.442 e. The molecule has 0 radical (unpaired) electrons. The molecule has 7 heteroatoms. The van der Waals surface area contributed by atoms with Crippen molar-refractivity contribution in [2.24, 2.45) is 5.92 Å². The lowest BCUT2D eigenvalue weighted by Gasteiger charge is -2.09. The summed E-state index contributed by atoms with van der Waals surface area (Å²) in [7, 11) is 0. The number of carbonyl (C=O) groups is 1. The first-order valence-electron chi connectivity index (χ1n) is 5.15. The van der Waals surface area contributed by atoms with E-state index in [0.717, 1.165) is 25.9 Å². The van der Waals surface area contributed by atoms with Gasteiger partial charge < -0.3 is 10.6 Å². The van der Waals surface area contributed by atoms with Crippen molar-refractivity contribution in [3.63, 3.8) is 0 Å². The molecule has 1 saturated heterocycles. The Bertz CT molecular complexity index is 229. The van der Waals surface area contributed by atoms with Crippen LogP contribution in [0.15, 0.2) is 0 Å². The summed E-state index contributed by atoms with van der Waals surface area (Å²) >= 11 is -0.300. The number of hydrogen-bond donors (Lipinski definition) is 2. The maximum Gasteiger partial charge on any atom is 0.442 e. The van der Waals surface area contributed by atoms with Gasteiger partial charge in [0.2, 0.25) is 5.91 Å². The van der Waals surface area contributed by atoms with Crippen molar-refractivity contribution in [1.82, 2.24) is 10.6 Å². The van der Waals surface area contributed by atoms with E-state index in [4.69, 9.17) is 0 Å². The molecule has 1 aliphatic rings. The van der Waals surface area contributed by atoms with E-state index in [9.17, 15) is 18.0 Å². The third-order valence-corrected chi connectivity index (χ3v) is 3.14. The number of nitrogens with one attached hydrogen (secondary N) is 2. The first kappa shape index (κ1) is 13.6. The highest BCUT2D eigenvalue weighted by Gasteiger charge is 2.29. The predicted molar refractivity (Wildman–Crippen MR) is 57.1 cm³/mol. The van der Waals surface area contributed by atoms with Gasteiger partial charge in [0.25, 0.3) is 0 Å². The van der Waals surface area contributed by atoms with Gasteiger partial charge in [-0.25, -0.2) is 0 Å². The molecule has 1 unspecified atom stereocenters. The van der Waals surface area contributed by atoms with E-state index in [1.165, 1.54) is 0 Å². The Kier molecular flexibility index (Phi) is 5.40. The topological polar surface area (TPSA) is 41.1 Å². The van der Waals surface area contributed by atoms with Crippen LogP contribution in [0.4, 0.5) is 13.2 Å². The minimum absolute atomic E-state index is 0.300. The normalized spacial score (nSPS) is 21.1. The summed E-state index contributed by atoms with van der Waals surface area (Å²) in [5, 5.41) is 5.68. The average Bonchev–Trinajstić information content (AvgIpc) is 2.66. The van der Waals surface area contributed by atoms with E-state index in [2.05, 4.69) is 10.6 Å². The standard InChI is InChI=1S/C9H15F3N2OS/c10-9(11,12)16-6-8(15)14-4-2-7-1-3-13-5-7/h7,13H,1-6H2,(H,14,15). The second-order valence-corrected chi connectivity index (χ2v) is 4.77. The van der Waals surface area contributed by atoms with Gasteiger partial charge in [-0.05, 0) is 43.6 Å². The van der Waals surface area contributed by atoms with Crippen LogP contribution in [0, 0.1) is 5.92 Å². The highest BCUT2D eigenvalue weighted by Crippen LogP contribution is 2.29. The summed E-state index contributed by atoms with van der Waals surface area (Å²) in [5.41, 5.74) is -4.33. The van der Waals surface area contributed by atoms with Crippen LogP contribution < -0.4 is 10.6 Å². The Labute approximate surface area is 96.5 Å². The summed E-state index contributed by atoms with van der Waals surface area (Å²) in [6.45, 7) is 2.39. The van der Waals surface area contributed by atoms with Crippen molar-refractivity contribution in [3.8, 4) is 0 Å². The monoisotopic (exact) mass is 256 g/mol. The number of halogens is 3. The maximum absolute atomic E-state index is 11.8. The van der Waals surface area contributed by atoms with Gasteiger partial charge in [-0.15, -0.1) is 0 Å². The van der Waals surface area contributed by atoms with Gasteiger partial charge in [0.05, 0.1) is 5.75 Å². The van der Waals surface area contributed by atoms with Crippen LogP contribution in [-0.2, 0) is 4.79 Å². The molecule has 1 amide bonds. The Morgan fingerprint density at radius 3 is 2.81 bits per heavy atom. The average molecular weight is 256 g/mol. The van der Waals surface area contributed by atoms with Gasteiger partial charge in [0, 0.05) is 6.54 Å². The van der Waals surface area contributed by atoms with Crippen molar-refractivity contribution in [2.75, 3.05) is 25.4 Å². The highest BCUT2D eigenvalue weighted by molar-refractivity contribution is 8.00. The second kappa shape index (κ2) is 6.34. The minimum Gasteiger partial charge on any atom is -0.355 e. The predicted octanol–water partition coefficient (Wildman–Crippen LogP) is 1.36. The third kappa shape index (κ3) is 6.22. The Hall–Kier alpha value is -0.430. The van der Waals surface area contributed by atoms with Crippen molar-refractivity contribution < 1.29 is 18.0 Å². The second-order valence-electron chi connectivity index (χ2n) is 3.73. The fraction of sp³-hybridized carbons (Fsp3) is 0.889. The van der Waals surface area contributed by atoms with Crippen LogP contribution in [0.3, 0.4) is 0 Å². The number of thioether (sulfide) groups is 1. The number of hydrogen-bond acceptors (Lipinski definition) is 3. The summed E-state index contributed by atoms with van der Waals surface area (Å²) in [6.07, 6.45) is 1.91. The van der Waals surface area contributed by atoms with Crippen LogP contribution in [0.2, 0.25) is 0 Å². The summed E-state index contributed by atoms with van der Waals surface area (Å²) in [6, 6.07) is 0. The van der Waals surface area contributed by atoms with E-state index in [-0.39, 0.29) is 11.8 Å². The Morgan fingerprint density at radius 2 is 2.25 bits per heavy atom.